The molecule has 1 saturated heterocycles. The van der Waals surface area contributed by atoms with E-state index in [-0.39, 0.29) is 6.61 Å². The fourth-order valence-corrected chi connectivity index (χ4v) is 2.88. The molecule has 0 radical (unpaired) electrons. The van der Waals surface area contributed by atoms with E-state index in [2.05, 4.69) is 0 Å². The Kier molecular flexibility index (Phi) is 5.27. The molecule has 1 heterocycles. The maximum absolute atomic E-state index is 13.1. The van der Waals surface area contributed by atoms with E-state index >= 15 is 0 Å². The van der Waals surface area contributed by atoms with Crippen molar-refractivity contribution in [3.05, 3.63) is 45.8 Å². The zero-order valence-corrected chi connectivity index (χ0v) is 12.7. The van der Waals surface area contributed by atoms with Crippen LogP contribution in [0, 0.1) is 21.8 Å². The summed E-state index contributed by atoms with van der Waals surface area (Å²) in [5.74, 6) is -2.84. The van der Waals surface area contributed by atoms with Crippen LogP contribution in [-0.2, 0) is 14.3 Å². The first kappa shape index (κ1) is 17.3. The molecule has 0 aliphatic carbocycles. The molecule has 0 aromatic heterocycles. The van der Waals surface area contributed by atoms with Gasteiger partial charge in [0.25, 0.3) is 6.04 Å². The minimum atomic E-state index is -1.52. The molecule has 8 heteroatoms. The first-order valence-electron chi connectivity index (χ1n) is 7.26. The van der Waals surface area contributed by atoms with Gasteiger partial charge in [0.15, 0.2) is 6.29 Å². The molecule has 1 aromatic rings. The summed E-state index contributed by atoms with van der Waals surface area (Å²) in [5.41, 5.74) is 0.456. The van der Waals surface area contributed by atoms with E-state index in [1.54, 1.807) is 13.8 Å². The van der Waals surface area contributed by atoms with Crippen molar-refractivity contribution >= 4 is 5.97 Å². The summed E-state index contributed by atoms with van der Waals surface area (Å²) in [6.45, 7) is 3.19. The van der Waals surface area contributed by atoms with Crippen LogP contribution >= 0.6 is 0 Å². The highest BCUT2D eigenvalue weighted by molar-refractivity contribution is 5.76. The number of rotatable bonds is 4. The topological polar surface area (TPSA) is 98.9 Å². The molecule has 5 atom stereocenters. The number of ether oxygens (including phenoxy) is 2. The zero-order valence-electron chi connectivity index (χ0n) is 12.7. The third-order valence-electron chi connectivity index (χ3n) is 4.00. The number of esters is 1. The molecule has 0 amide bonds. The van der Waals surface area contributed by atoms with Crippen molar-refractivity contribution in [1.29, 1.82) is 0 Å². The number of aliphatic hydroxyl groups excluding tert-OH is 1. The maximum Gasteiger partial charge on any atom is 0.342 e. The molecule has 1 aromatic carbocycles. The molecule has 23 heavy (non-hydrogen) atoms. The van der Waals surface area contributed by atoms with Gasteiger partial charge in [-0.2, -0.15) is 0 Å². The van der Waals surface area contributed by atoms with Crippen molar-refractivity contribution in [2.45, 2.75) is 38.2 Å². The van der Waals surface area contributed by atoms with Gasteiger partial charge in [-0.1, -0.05) is 19.1 Å². The van der Waals surface area contributed by atoms with Gasteiger partial charge < -0.3 is 14.6 Å². The second-order valence-electron chi connectivity index (χ2n) is 5.41. The Morgan fingerprint density at radius 3 is 2.57 bits per heavy atom. The molecular weight excluding hydrogens is 309 g/mol. The van der Waals surface area contributed by atoms with Gasteiger partial charge >= 0.3 is 5.97 Å². The maximum atomic E-state index is 13.1. The summed E-state index contributed by atoms with van der Waals surface area (Å²) in [6, 6.07) is 3.75. The number of nitrogens with zero attached hydrogens (tertiary/aromatic N) is 1. The van der Waals surface area contributed by atoms with Crippen molar-refractivity contribution in [2.24, 2.45) is 5.92 Å². The Balaban J connectivity index is 2.43. The van der Waals surface area contributed by atoms with Gasteiger partial charge in [-0.25, -0.2) is 9.18 Å². The monoisotopic (exact) mass is 327 g/mol. The largest absolute Gasteiger partial charge is 0.464 e. The van der Waals surface area contributed by atoms with Crippen molar-refractivity contribution in [3.63, 3.8) is 0 Å². The third-order valence-corrected chi connectivity index (χ3v) is 4.00. The van der Waals surface area contributed by atoms with Gasteiger partial charge in [0.1, 0.15) is 5.82 Å². The number of hydrogen-bond donors (Lipinski definition) is 1. The predicted octanol–water partition coefficient (Wildman–Crippen LogP) is 1.47. The number of halogens is 1. The molecule has 1 aliphatic rings. The number of carbonyl (C=O) groups excluding carboxylic acids is 1. The molecule has 7 nitrogen and oxygen atoms in total. The van der Waals surface area contributed by atoms with Crippen LogP contribution < -0.4 is 0 Å². The van der Waals surface area contributed by atoms with E-state index in [9.17, 15) is 24.4 Å². The number of aliphatic hydroxyl groups is 1. The minimum Gasteiger partial charge on any atom is -0.464 e. The van der Waals surface area contributed by atoms with Crippen molar-refractivity contribution in [3.8, 4) is 0 Å². The van der Waals surface area contributed by atoms with E-state index < -0.39 is 47.0 Å². The van der Waals surface area contributed by atoms with Crippen LogP contribution in [0.1, 0.15) is 25.3 Å². The molecule has 0 unspecified atom stereocenters. The number of carbonyl (C=O) groups is 1. The van der Waals surface area contributed by atoms with E-state index in [0.29, 0.717) is 5.56 Å². The summed E-state index contributed by atoms with van der Waals surface area (Å²) < 4.78 is 23.0. The molecule has 126 valence electrons. The summed E-state index contributed by atoms with van der Waals surface area (Å²) in [7, 11) is 0. The van der Waals surface area contributed by atoms with E-state index in [4.69, 9.17) is 9.47 Å². The van der Waals surface area contributed by atoms with Crippen LogP contribution in [0.25, 0.3) is 0 Å². The Hall–Kier alpha value is -2.06. The van der Waals surface area contributed by atoms with Crippen LogP contribution in [0.4, 0.5) is 4.39 Å². The van der Waals surface area contributed by atoms with Crippen molar-refractivity contribution < 1.29 is 28.7 Å². The lowest BCUT2D eigenvalue weighted by Crippen LogP contribution is -2.55. The van der Waals surface area contributed by atoms with Gasteiger partial charge in [-0.3, -0.25) is 10.1 Å². The second kappa shape index (κ2) is 7.01. The number of nitro groups is 1. The lowest BCUT2D eigenvalue weighted by atomic mass is 9.77. The third kappa shape index (κ3) is 3.48. The Bertz CT molecular complexity index is 578. The van der Waals surface area contributed by atoms with Gasteiger partial charge in [0, 0.05) is 10.8 Å². The number of hydrogen-bond acceptors (Lipinski definition) is 6. The molecule has 0 saturated carbocycles. The lowest BCUT2D eigenvalue weighted by Gasteiger charge is -2.38. The smallest absolute Gasteiger partial charge is 0.342 e. The van der Waals surface area contributed by atoms with E-state index in [1.807, 2.05) is 0 Å². The van der Waals surface area contributed by atoms with Gasteiger partial charge in [0.2, 0.25) is 6.10 Å². The van der Waals surface area contributed by atoms with E-state index in [0.717, 1.165) is 0 Å². The summed E-state index contributed by atoms with van der Waals surface area (Å²) in [5, 5.41) is 21.6. The summed E-state index contributed by atoms with van der Waals surface area (Å²) >= 11 is 0. The molecule has 0 bridgehead atoms. The Morgan fingerprint density at radius 1 is 1.43 bits per heavy atom. The predicted molar refractivity (Wildman–Crippen MR) is 76.6 cm³/mol. The van der Waals surface area contributed by atoms with Crippen LogP contribution in [-0.4, -0.2) is 41.0 Å². The summed E-state index contributed by atoms with van der Waals surface area (Å²) in [6.07, 6.45) is -2.89. The molecule has 0 spiro atoms. The average Bonchev–Trinajstić information content (AvgIpc) is 2.50. The highest BCUT2D eigenvalue weighted by Gasteiger charge is 2.54. The number of benzene rings is 1. The molecule has 2 rings (SSSR count). The first-order chi connectivity index (χ1) is 10.9. The van der Waals surface area contributed by atoms with Crippen LogP contribution in [0.3, 0.4) is 0 Å². The van der Waals surface area contributed by atoms with Crippen molar-refractivity contribution in [2.75, 3.05) is 6.61 Å². The molecule has 1 fully saturated rings. The fraction of sp³-hybridized carbons (Fsp3) is 0.533. The zero-order chi connectivity index (χ0) is 17.1. The highest BCUT2D eigenvalue weighted by atomic mass is 19.1. The van der Waals surface area contributed by atoms with Gasteiger partial charge in [-0.15, -0.1) is 0 Å². The fourth-order valence-electron chi connectivity index (χ4n) is 2.88. The van der Waals surface area contributed by atoms with Gasteiger partial charge in [0.05, 0.1) is 12.5 Å². The van der Waals surface area contributed by atoms with Gasteiger partial charge in [-0.05, 0) is 24.6 Å². The second-order valence-corrected chi connectivity index (χ2v) is 5.41. The SMILES string of the molecule is CCOC(=O)[C@@H]1O[C@@H](O)[C@H](C)[C@@H](c2ccc(F)cc2)[C@@H]1[N+](=O)[O-]. The summed E-state index contributed by atoms with van der Waals surface area (Å²) in [4.78, 5) is 22.9. The van der Waals surface area contributed by atoms with Crippen molar-refractivity contribution in [1.82, 2.24) is 0 Å². The Morgan fingerprint density at radius 2 is 2.04 bits per heavy atom. The van der Waals surface area contributed by atoms with Crippen LogP contribution in [0.5, 0.6) is 0 Å². The Labute approximate surface area is 132 Å². The lowest BCUT2D eigenvalue weighted by molar-refractivity contribution is -0.549. The minimum absolute atomic E-state index is 0.0377. The van der Waals surface area contributed by atoms with Crippen LogP contribution in [0.15, 0.2) is 24.3 Å². The first-order valence-corrected chi connectivity index (χ1v) is 7.26. The molecule has 1 aliphatic heterocycles. The average molecular weight is 327 g/mol. The quantitative estimate of drug-likeness (QED) is 0.511. The molecular formula is C15H18FNO6. The highest BCUT2D eigenvalue weighted by Crippen LogP contribution is 2.39. The standard InChI is InChI=1S/C15H18FNO6/c1-3-22-15(19)13-12(17(20)21)11(8(2)14(18)23-13)9-4-6-10(16)7-5-9/h4-8,11-14,18H,3H2,1-2H3/t8-,11+,12+,13-,14-/m1/s1. The van der Waals surface area contributed by atoms with E-state index in [1.165, 1.54) is 24.3 Å². The van der Waals surface area contributed by atoms with Crippen LogP contribution in [0.2, 0.25) is 0 Å². The molecule has 1 N–H and O–H groups in total. The normalized spacial score (nSPS) is 30.7.